The van der Waals surface area contributed by atoms with Crippen molar-refractivity contribution in [3.63, 3.8) is 0 Å². The summed E-state index contributed by atoms with van der Waals surface area (Å²) >= 11 is 1.36. The molecule has 1 saturated heterocycles. The van der Waals surface area contributed by atoms with Gasteiger partial charge in [-0.15, -0.1) is 0 Å². The minimum absolute atomic E-state index is 0.257. The molecule has 154 valence electrons. The molecule has 3 heterocycles. The van der Waals surface area contributed by atoms with Gasteiger partial charge in [-0.25, -0.2) is 4.99 Å². The number of thiophene rings is 1. The van der Waals surface area contributed by atoms with Crippen molar-refractivity contribution in [2.75, 3.05) is 39.3 Å². The van der Waals surface area contributed by atoms with Gasteiger partial charge in [0.15, 0.2) is 5.06 Å². The first-order valence-electron chi connectivity index (χ1n) is 10.2. The predicted octanol–water partition coefficient (Wildman–Crippen LogP) is 3.68. The molecule has 0 spiro atoms. The largest absolute Gasteiger partial charge is 0.499 e. The van der Waals surface area contributed by atoms with Gasteiger partial charge in [-0.05, 0) is 24.6 Å². The van der Waals surface area contributed by atoms with Crippen LogP contribution in [0.2, 0.25) is 0 Å². The maximum Gasteiger partial charge on any atom is 0.182 e. The Morgan fingerprint density at radius 1 is 1.20 bits per heavy atom. The molecule has 0 unspecified atom stereocenters. The quantitative estimate of drug-likeness (QED) is 0.488. The summed E-state index contributed by atoms with van der Waals surface area (Å²) in [6, 6.07) is 14.1. The standard InChI is InChI=1S/C23H24N4O2S/c1-15-6-7-16-18(14-15)25-22(20-17-4-2-3-5-19(17)30-23(20)28)21(16)26-29-13-12-27-10-8-24-9-11-27/h2-7,14,24,28H,8-13H2,1H3/b26-21+. The lowest BCUT2D eigenvalue weighted by Gasteiger charge is -2.26. The number of hydrogen-bond acceptors (Lipinski definition) is 7. The van der Waals surface area contributed by atoms with Crippen LogP contribution in [0.3, 0.4) is 0 Å². The van der Waals surface area contributed by atoms with Crippen LogP contribution in [0.15, 0.2) is 52.6 Å². The highest BCUT2D eigenvalue weighted by Crippen LogP contribution is 2.41. The van der Waals surface area contributed by atoms with Crippen LogP contribution in [0.5, 0.6) is 5.06 Å². The second-order valence-electron chi connectivity index (χ2n) is 7.62. The van der Waals surface area contributed by atoms with Crippen LogP contribution in [0.25, 0.3) is 10.1 Å². The van der Waals surface area contributed by atoms with Gasteiger partial charge in [-0.1, -0.05) is 46.8 Å². The number of fused-ring (bicyclic) bond motifs is 2. The van der Waals surface area contributed by atoms with Gasteiger partial charge in [0.1, 0.15) is 18.0 Å². The fourth-order valence-electron chi connectivity index (χ4n) is 3.98. The van der Waals surface area contributed by atoms with Gasteiger partial charge >= 0.3 is 0 Å². The molecule has 5 rings (SSSR count). The summed E-state index contributed by atoms with van der Waals surface area (Å²) in [7, 11) is 0. The van der Waals surface area contributed by atoms with Crippen molar-refractivity contribution in [1.82, 2.24) is 10.2 Å². The molecule has 1 aromatic heterocycles. The zero-order valence-corrected chi connectivity index (χ0v) is 17.7. The van der Waals surface area contributed by atoms with E-state index in [2.05, 4.69) is 21.4 Å². The number of aliphatic imine (C=N–C) groups is 1. The van der Waals surface area contributed by atoms with E-state index in [0.29, 0.717) is 18.0 Å². The van der Waals surface area contributed by atoms with Gasteiger partial charge in [0.05, 0.1) is 11.3 Å². The molecule has 2 N–H and O–H groups in total. The molecule has 30 heavy (non-hydrogen) atoms. The summed E-state index contributed by atoms with van der Waals surface area (Å²) < 4.78 is 1.03. The molecule has 2 aliphatic heterocycles. The molecule has 0 aliphatic carbocycles. The number of nitrogens with one attached hydrogen (secondary N) is 1. The number of rotatable bonds is 5. The lowest BCUT2D eigenvalue weighted by Crippen LogP contribution is -2.44. The van der Waals surface area contributed by atoms with Crippen LogP contribution < -0.4 is 5.32 Å². The van der Waals surface area contributed by atoms with E-state index in [-0.39, 0.29) is 5.06 Å². The smallest absolute Gasteiger partial charge is 0.182 e. The van der Waals surface area contributed by atoms with Crippen molar-refractivity contribution < 1.29 is 9.94 Å². The molecule has 0 radical (unpaired) electrons. The Labute approximate surface area is 179 Å². The van der Waals surface area contributed by atoms with Gasteiger partial charge in [0.2, 0.25) is 0 Å². The van der Waals surface area contributed by atoms with E-state index < -0.39 is 0 Å². The number of aromatic hydroxyl groups is 1. The monoisotopic (exact) mass is 420 g/mol. The number of nitrogens with zero attached hydrogens (tertiary/aromatic N) is 3. The summed E-state index contributed by atoms with van der Waals surface area (Å²) in [5.41, 5.74) is 5.03. The van der Waals surface area contributed by atoms with Crippen LogP contribution in [0.1, 0.15) is 16.7 Å². The van der Waals surface area contributed by atoms with Gasteiger partial charge < -0.3 is 15.3 Å². The average molecular weight is 421 g/mol. The van der Waals surface area contributed by atoms with Gasteiger partial charge in [-0.3, -0.25) is 4.90 Å². The molecule has 3 aromatic rings. The summed E-state index contributed by atoms with van der Waals surface area (Å²) in [5, 5.41) is 19.8. The lowest BCUT2D eigenvalue weighted by molar-refractivity contribution is 0.106. The summed E-state index contributed by atoms with van der Waals surface area (Å²) in [6.07, 6.45) is 0. The summed E-state index contributed by atoms with van der Waals surface area (Å²) in [5.74, 6) is 0. The Bertz CT molecular complexity index is 1150. The van der Waals surface area contributed by atoms with Crippen LogP contribution in [0.4, 0.5) is 5.69 Å². The molecule has 6 nitrogen and oxygen atoms in total. The van der Waals surface area contributed by atoms with Crippen molar-refractivity contribution in [2.45, 2.75) is 6.92 Å². The Morgan fingerprint density at radius 3 is 2.90 bits per heavy atom. The third-order valence-corrected chi connectivity index (χ3v) is 6.52. The summed E-state index contributed by atoms with van der Waals surface area (Å²) in [6.45, 7) is 7.51. The molecule has 0 bridgehead atoms. The highest BCUT2D eigenvalue weighted by atomic mass is 32.1. The minimum atomic E-state index is 0.257. The van der Waals surface area contributed by atoms with Crippen LogP contribution in [0, 0.1) is 6.92 Å². The Kier molecular flexibility index (Phi) is 5.25. The lowest BCUT2D eigenvalue weighted by atomic mass is 10.0. The van der Waals surface area contributed by atoms with Crippen molar-refractivity contribution in [3.05, 3.63) is 59.2 Å². The average Bonchev–Trinajstić information content (AvgIpc) is 3.27. The first kappa shape index (κ1) is 19.2. The minimum Gasteiger partial charge on any atom is -0.499 e. The second-order valence-corrected chi connectivity index (χ2v) is 8.65. The molecule has 7 heteroatoms. The van der Waals surface area contributed by atoms with E-state index in [1.165, 1.54) is 11.3 Å². The number of hydrogen-bond donors (Lipinski definition) is 2. The molecule has 2 aliphatic rings. The van der Waals surface area contributed by atoms with E-state index in [1.807, 2.05) is 43.3 Å². The van der Waals surface area contributed by atoms with Crippen LogP contribution >= 0.6 is 11.3 Å². The molecule has 0 saturated carbocycles. The topological polar surface area (TPSA) is 69.5 Å². The normalized spacial score (nSPS) is 18.0. The highest BCUT2D eigenvalue weighted by Gasteiger charge is 2.29. The van der Waals surface area contributed by atoms with Crippen molar-refractivity contribution in [3.8, 4) is 5.06 Å². The van der Waals surface area contributed by atoms with Crippen LogP contribution in [-0.2, 0) is 4.84 Å². The molecule has 0 amide bonds. The van der Waals surface area contributed by atoms with E-state index in [0.717, 1.165) is 65.2 Å². The summed E-state index contributed by atoms with van der Waals surface area (Å²) in [4.78, 5) is 13.0. The Morgan fingerprint density at radius 2 is 2.03 bits per heavy atom. The molecule has 2 aromatic carbocycles. The maximum atomic E-state index is 10.7. The third kappa shape index (κ3) is 3.60. The third-order valence-electron chi connectivity index (χ3n) is 5.54. The number of aryl methyl sites for hydroxylation is 1. The van der Waals surface area contributed by atoms with Crippen molar-refractivity contribution >= 4 is 38.5 Å². The second kappa shape index (κ2) is 8.18. The zero-order valence-electron chi connectivity index (χ0n) is 16.9. The number of benzene rings is 2. The fraction of sp³-hybridized carbons (Fsp3) is 0.304. The van der Waals surface area contributed by atoms with Crippen molar-refractivity contribution in [2.24, 2.45) is 10.1 Å². The SMILES string of the molecule is Cc1ccc2c(c1)N=C(c1c(O)sc3ccccc13)/C2=N/OCCN1CCNCC1. The van der Waals surface area contributed by atoms with E-state index >= 15 is 0 Å². The van der Waals surface area contributed by atoms with E-state index in [1.54, 1.807) is 0 Å². The van der Waals surface area contributed by atoms with Gasteiger partial charge in [0.25, 0.3) is 0 Å². The van der Waals surface area contributed by atoms with Gasteiger partial charge in [-0.2, -0.15) is 0 Å². The van der Waals surface area contributed by atoms with E-state index in [4.69, 9.17) is 9.83 Å². The first-order valence-corrected chi connectivity index (χ1v) is 11.1. The van der Waals surface area contributed by atoms with E-state index in [9.17, 15) is 5.11 Å². The molecule has 0 atom stereocenters. The highest BCUT2D eigenvalue weighted by molar-refractivity contribution is 7.21. The number of oxime groups is 1. The van der Waals surface area contributed by atoms with Crippen molar-refractivity contribution in [1.29, 1.82) is 0 Å². The Balaban J connectivity index is 1.47. The van der Waals surface area contributed by atoms with Gasteiger partial charge in [0, 0.05) is 48.4 Å². The fourth-order valence-corrected chi connectivity index (χ4v) is 4.92. The molecular formula is C23H24N4O2S. The predicted molar refractivity (Wildman–Crippen MR) is 123 cm³/mol. The Hall–Kier alpha value is -2.74. The van der Waals surface area contributed by atoms with Crippen LogP contribution in [-0.4, -0.2) is 60.8 Å². The zero-order chi connectivity index (χ0) is 20.5. The molecule has 1 fully saturated rings. The number of piperazine rings is 1. The maximum absolute atomic E-state index is 10.7. The molecular weight excluding hydrogens is 396 g/mol. The first-order chi connectivity index (χ1) is 14.7.